The van der Waals surface area contributed by atoms with Crippen molar-refractivity contribution < 1.29 is 9.21 Å². The second kappa shape index (κ2) is 5.36. The lowest BCUT2D eigenvalue weighted by Crippen LogP contribution is -2.37. The Kier molecular flexibility index (Phi) is 3.84. The summed E-state index contributed by atoms with van der Waals surface area (Å²) in [5.41, 5.74) is 0. The van der Waals surface area contributed by atoms with Gasteiger partial charge in [0.25, 0.3) is 0 Å². The number of carbonyl (C=O) groups excluding carboxylic acids is 1. The normalized spacial score (nSPS) is 14.9. The Morgan fingerprint density at radius 2 is 2.29 bits per heavy atom. The van der Waals surface area contributed by atoms with Crippen LogP contribution in [0.25, 0.3) is 0 Å². The van der Waals surface area contributed by atoms with E-state index in [9.17, 15) is 4.79 Å². The minimum atomic E-state index is 0.153. The van der Waals surface area contributed by atoms with Crippen molar-refractivity contribution in [3.63, 3.8) is 0 Å². The van der Waals surface area contributed by atoms with Crippen molar-refractivity contribution in [2.24, 2.45) is 0 Å². The van der Waals surface area contributed by atoms with Crippen LogP contribution in [0.5, 0.6) is 0 Å². The maximum Gasteiger partial charge on any atom is 0.236 e. The van der Waals surface area contributed by atoms with E-state index in [0.29, 0.717) is 19.1 Å². The summed E-state index contributed by atoms with van der Waals surface area (Å²) >= 11 is 0. The van der Waals surface area contributed by atoms with Crippen LogP contribution in [0.3, 0.4) is 0 Å². The number of hydrogen-bond donors (Lipinski definition) is 1. The summed E-state index contributed by atoms with van der Waals surface area (Å²) in [6, 6.07) is 4.50. The maximum absolute atomic E-state index is 11.7. The zero-order valence-corrected chi connectivity index (χ0v) is 10.5. The average Bonchev–Trinajstić information content (AvgIpc) is 3.05. The molecule has 0 unspecified atom stereocenters. The molecule has 1 N–H and O–H groups in total. The Morgan fingerprint density at radius 3 is 2.88 bits per heavy atom. The Hall–Kier alpha value is -1.29. The van der Waals surface area contributed by atoms with Gasteiger partial charge in [0.05, 0.1) is 6.54 Å². The maximum atomic E-state index is 11.7. The van der Waals surface area contributed by atoms with E-state index < -0.39 is 0 Å². The van der Waals surface area contributed by atoms with Gasteiger partial charge >= 0.3 is 0 Å². The van der Waals surface area contributed by atoms with Gasteiger partial charge in [-0.2, -0.15) is 0 Å². The molecule has 4 nitrogen and oxygen atoms in total. The molecule has 0 saturated heterocycles. The van der Waals surface area contributed by atoms with Crippen LogP contribution in [0.4, 0.5) is 0 Å². The van der Waals surface area contributed by atoms with Crippen LogP contribution in [0.15, 0.2) is 16.5 Å². The monoisotopic (exact) mass is 236 g/mol. The van der Waals surface area contributed by atoms with E-state index in [1.54, 1.807) is 4.90 Å². The molecule has 17 heavy (non-hydrogen) atoms. The highest BCUT2D eigenvalue weighted by Gasteiger charge is 2.21. The van der Waals surface area contributed by atoms with E-state index in [2.05, 4.69) is 5.32 Å². The van der Waals surface area contributed by atoms with Crippen LogP contribution >= 0.6 is 0 Å². The first-order valence-electron chi connectivity index (χ1n) is 6.18. The van der Waals surface area contributed by atoms with E-state index in [4.69, 9.17) is 4.42 Å². The molecular weight excluding hydrogens is 216 g/mol. The van der Waals surface area contributed by atoms with E-state index in [-0.39, 0.29) is 5.91 Å². The number of likely N-dealkylation sites (N-methyl/N-ethyl adjacent to an activating group) is 1. The van der Waals surface area contributed by atoms with Crippen molar-refractivity contribution in [2.75, 3.05) is 20.1 Å². The molecule has 1 aromatic heterocycles. The zero-order valence-electron chi connectivity index (χ0n) is 10.5. The Bertz CT molecular complexity index is 383. The van der Waals surface area contributed by atoms with E-state index in [0.717, 1.165) is 17.9 Å². The van der Waals surface area contributed by atoms with Crippen LogP contribution in [0, 0.1) is 6.92 Å². The largest absolute Gasteiger partial charge is 0.466 e. The molecule has 94 valence electrons. The lowest BCUT2D eigenvalue weighted by molar-refractivity contribution is -0.128. The average molecular weight is 236 g/mol. The molecule has 1 saturated carbocycles. The quantitative estimate of drug-likeness (QED) is 0.810. The molecule has 0 bridgehead atoms. The lowest BCUT2D eigenvalue weighted by Gasteiger charge is -2.16. The van der Waals surface area contributed by atoms with Crippen molar-refractivity contribution >= 4 is 5.91 Å². The number of hydrogen-bond acceptors (Lipinski definition) is 3. The van der Waals surface area contributed by atoms with Gasteiger partial charge in [0.1, 0.15) is 11.5 Å². The molecule has 4 heteroatoms. The summed E-state index contributed by atoms with van der Waals surface area (Å²) in [5.74, 6) is 2.02. The van der Waals surface area contributed by atoms with Gasteiger partial charge in [0, 0.05) is 26.1 Å². The first-order valence-corrected chi connectivity index (χ1v) is 6.18. The van der Waals surface area contributed by atoms with Crippen LogP contribution in [0.2, 0.25) is 0 Å². The smallest absolute Gasteiger partial charge is 0.236 e. The number of aryl methyl sites for hydroxylation is 1. The van der Waals surface area contributed by atoms with E-state index >= 15 is 0 Å². The third-order valence-electron chi connectivity index (χ3n) is 3.03. The Labute approximate surface area is 102 Å². The van der Waals surface area contributed by atoms with Crippen LogP contribution in [0.1, 0.15) is 24.4 Å². The molecule has 0 aliphatic heterocycles. The van der Waals surface area contributed by atoms with Gasteiger partial charge in [0.15, 0.2) is 0 Å². The highest BCUT2D eigenvalue weighted by molar-refractivity contribution is 5.78. The molecule has 0 radical (unpaired) electrons. The van der Waals surface area contributed by atoms with Gasteiger partial charge in [-0.05, 0) is 31.9 Å². The van der Waals surface area contributed by atoms with Gasteiger partial charge in [-0.3, -0.25) is 4.79 Å². The van der Waals surface area contributed by atoms with Crippen LogP contribution in [-0.2, 0) is 11.2 Å². The molecule has 2 rings (SSSR count). The number of carbonyl (C=O) groups is 1. The molecule has 1 fully saturated rings. The van der Waals surface area contributed by atoms with Crippen molar-refractivity contribution in [1.29, 1.82) is 0 Å². The summed E-state index contributed by atoms with van der Waals surface area (Å²) in [6.45, 7) is 3.09. The van der Waals surface area contributed by atoms with Gasteiger partial charge in [-0.1, -0.05) is 0 Å². The predicted octanol–water partition coefficient (Wildman–Crippen LogP) is 1.34. The highest BCUT2D eigenvalue weighted by atomic mass is 16.3. The minimum absolute atomic E-state index is 0.153. The Morgan fingerprint density at radius 1 is 1.53 bits per heavy atom. The minimum Gasteiger partial charge on any atom is -0.466 e. The summed E-state index contributed by atoms with van der Waals surface area (Å²) in [5, 5.41) is 3.22. The van der Waals surface area contributed by atoms with E-state index in [1.807, 2.05) is 26.1 Å². The van der Waals surface area contributed by atoms with Crippen molar-refractivity contribution in [1.82, 2.24) is 10.2 Å². The first kappa shape index (κ1) is 12.2. The number of furan rings is 1. The number of amides is 1. The molecule has 1 aromatic rings. The fourth-order valence-corrected chi connectivity index (χ4v) is 1.68. The summed E-state index contributed by atoms with van der Waals surface area (Å²) < 4.78 is 5.47. The van der Waals surface area contributed by atoms with Crippen molar-refractivity contribution in [3.8, 4) is 0 Å². The molecule has 0 atom stereocenters. The summed E-state index contributed by atoms with van der Waals surface area (Å²) in [7, 11) is 1.84. The third-order valence-corrected chi connectivity index (χ3v) is 3.03. The fourth-order valence-electron chi connectivity index (χ4n) is 1.68. The predicted molar refractivity (Wildman–Crippen MR) is 65.8 cm³/mol. The number of nitrogens with one attached hydrogen (secondary N) is 1. The molecule has 0 spiro atoms. The second-order valence-electron chi connectivity index (χ2n) is 4.73. The molecule has 1 aliphatic carbocycles. The molecule has 1 heterocycles. The van der Waals surface area contributed by atoms with Crippen LogP contribution in [-0.4, -0.2) is 37.0 Å². The molecule has 1 aliphatic rings. The number of nitrogens with zero attached hydrogens (tertiary/aromatic N) is 1. The molecule has 1 amide bonds. The van der Waals surface area contributed by atoms with Crippen molar-refractivity contribution in [2.45, 2.75) is 32.2 Å². The van der Waals surface area contributed by atoms with Gasteiger partial charge < -0.3 is 14.6 Å². The second-order valence-corrected chi connectivity index (χ2v) is 4.73. The summed E-state index contributed by atoms with van der Waals surface area (Å²) in [6.07, 6.45) is 3.20. The number of rotatable bonds is 6. The molecule has 0 aromatic carbocycles. The highest BCUT2D eigenvalue weighted by Crippen LogP contribution is 2.18. The lowest BCUT2D eigenvalue weighted by atomic mass is 10.3. The van der Waals surface area contributed by atoms with Gasteiger partial charge in [-0.25, -0.2) is 0 Å². The molecular formula is C13H20N2O2. The van der Waals surface area contributed by atoms with Crippen LogP contribution < -0.4 is 5.32 Å². The topological polar surface area (TPSA) is 45.5 Å². The summed E-state index contributed by atoms with van der Waals surface area (Å²) in [4.78, 5) is 13.5. The van der Waals surface area contributed by atoms with Gasteiger partial charge in [0.2, 0.25) is 5.91 Å². The third kappa shape index (κ3) is 3.89. The standard InChI is InChI=1S/C13H20N2O2/c1-10-3-6-12(17-10)7-8-15(2)13(16)9-14-11-4-5-11/h3,6,11,14H,4-5,7-9H2,1-2H3. The Balaban J connectivity index is 1.68. The van der Waals surface area contributed by atoms with Crippen molar-refractivity contribution in [3.05, 3.63) is 23.7 Å². The SMILES string of the molecule is Cc1ccc(CCN(C)C(=O)CNC2CC2)o1. The first-order chi connectivity index (χ1) is 8.15. The van der Waals surface area contributed by atoms with Gasteiger partial charge in [-0.15, -0.1) is 0 Å². The van der Waals surface area contributed by atoms with E-state index in [1.165, 1.54) is 12.8 Å². The zero-order chi connectivity index (χ0) is 12.3. The fraction of sp³-hybridized carbons (Fsp3) is 0.615.